The van der Waals surface area contributed by atoms with Crippen LogP contribution in [0.3, 0.4) is 0 Å². The van der Waals surface area contributed by atoms with Crippen LogP contribution in [-0.4, -0.2) is 18.5 Å². The van der Waals surface area contributed by atoms with Crippen LogP contribution in [0.15, 0.2) is 64.5 Å². The number of anilines is 1. The predicted molar refractivity (Wildman–Crippen MR) is 133 cm³/mol. The molecule has 0 aliphatic heterocycles. The molecule has 0 saturated carbocycles. The lowest BCUT2D eigenvalue weighted by Gasteiger charge is -2.12. The molecule has 1 aliphatic carbocycles. The lowest BCUT2D eigenvalue weighted by atomic mass is 9.94. The number of halogens is 1. The number of amides is 1. The van der Waals surface area contributed by atoms with E-state index in [9.17, 15) is 9.59 Å². The van der Waals surface area contributed by atoms with Gasteiger partial charge in [-0.3, -0.25) is 4.79 Å². The summed E-state index contributed by atoms with van der Waals surface area (Å²) in [6.45, 7) is 2.04. The number of ether oxygens (including phenoxy) is 1. The van der Waals surface area contributed by atoms with Gasteiger partial charge in [0.15, 0.2) is 0 Å². The van der Waals surface area contributed by atoms with Crippen LogP contribution in [0.2, 0.25) is 0 Å². The van der Waals surface area contributed by atoms with Gasteiger partial charge < -0.3 is 10.1 Å². The van der Waals surface area contributed by atoms with Gasteiger partial charge in [0.05, 0.1) is 12.2 Å². The summed E-state index contributed by atoms with van der Waals surface area (Å²) >= 11 is 4.76. The zero-order valence-electron chi connectivity index (χ0n) is 17.4. The van der Waals surface area contributed by atoms with Crippen molar-refractivity contribution in [1.82, 2.24) is 0 Å². The number of esters is 1. The first-order chi connectivity index (χ1) is 15.6. The first-order valence-electron chi connectivity index (χ1n) is 10.5. The molecule has 0 radical (unpaired) electrons. The molecule has 1 heterocycles. The molecule has 0 spiro atoms. The summed E-state index contributed by atoms with van der Waals surface area (Å²) < 4.78 is 6.07. The van der Waals surface area contributed by atoms with E-state index in [1.807, 2.05) is 17.5 Å². The standard InChI is InChI=1S/C26H20BrNO3S/c1-2-31-26(30)23-20(14-32-25(23)28-24(29)19-7-3-4-9-21(19)27)17-13-12-16-11-10-15-6-5-8-18(17)22(15)16/h3-9,12-14H,2,10-11H2,1H3,(H,28,29). The maximum atomic E-state index is 13.0. The van der Waals surface area contributed by atoms with Crippen LogP contribution in [0.1, 0.15) is 38.8 Å². The quantitative estimate of drug-likeness (QED) is 0.301. The summed E-state index contributed by atoms with van der Waals surface area (Å²) in [6.07, 6.45) is 2.08. The van der Waals surface area contributed by atoms with Crippen LogP contribution in [0, 0.1) is 0 Å². The molecule has 4 aromatic rings. The van der Waals surface area contributed by atoms with Gasteiger partial charge in [-0.15, -0.1) is 11.3 Å². The van der Waals surface area contributed by atoms with Crippen molar-refractivity contribution in [3.8, 4) is 11.1 Å². The molecule has 1 aromatic heterocycles. The topological polar surface area (TPSA) is 55.4 Å². The number of hydrogen-bond donors (Lipinski definition) is 1. The molecule has 0 fully saturated rings. The van der Waals surface area contributed by atoms with Crippen LogP contribution in [0.5, 0.6) is 0 Å². The number of carbonyl (C=O) groups excluding carboxylic acids is 2. The first kappa shape index (κ1) is 20.9. The molecular weight excluding hydrogens is 486 g/mol. The normalized spacial score (nSPS) is 12.2. The molecule has 1 aliphatic rings. The fourth-order valence-corrected chi connectivity index (χ4v) is 5.76. The van der Waals surface area contributed by atoms with Crippen molar-refractivity contribution in [2.24, 2.45) is 0 Å². The van der Waals surface area contributed by atoms with Gasteiger partial charge in [0.1, 0.15) is 10.6 Å². The Morgan fingerprint density at radius 2 is 1.78 bits per heavy atom. The van der Waals surface area contributed by atoms with Crippen molar-refractivity contribution in [3.63, 3.8) is 0 Å². The second kappa shape index (κ2) is 8.52. The Kier molecular flexibility index (Phi) is 5.57. The minimum absolute atomic E-state index is 0.259. The molecule has 32 heavy (non-hydrogen) atoms. The zero-order valence-corrected chi connectivity index (χ0v) is 19.8. The average Bonchev–Trinajstić information content (AvgIpc) is 3.40. The molecule has 1 amide bonds. The summed E-state index contributed by atoms with van der Waals surface area (Å²) in [5, 5.41) is 7.76. The third kappa shape index (κ3) is 3.53. The van der Waals surface area contributed by atoms with Gasteiger partial charge in [0.25, 0.3) is 5.91 Å². The van der Waals surface area contributed by atoms with E-state index in [1.165, 1.54) is 27.8 Å². The van der Waals surface area contributed by atoms with E-state index in [1.54, 1.807) is 19.1 Å². The Morgan fingerprint density at radius 3 is 2.56 bits per heavy atom. The first-order valence-corrected chi connectivity index (χ1v) is 12.1. The Morgan fingerprint density at radius 1 is 1.00 bits per heavy atom. The Balaban J connectivity index is 1.63. The second-order valence-electron chi connectivity index (χ2n) is 7.62. The summed E-state index contributed by atoms with van der Waals surface area (Å²) in [6, 6.07) is 17.8. The van der Waals surface area contributed by atoms with Crippen molar-refractivity contribution >= 4 is 54.9 Å². The molecule has 1 N–H and O–H groups in total. The lowest BCUT2D eigenvalue weighted by molar-refractivity contribution is 0.0529. The van der Waals surface area contributed by atoms with Gasteiger partial charge in [0, 0.05) is 15.4 Å². The van der Waals surface area contributed by atoms with E-state index in [0.717, 1.165) is 29.4 Å². The van der Waals surface area contributed by atoms with Gasteiger partial charge in [-0.25, -0.2) is 4.79 Å². The maximum absolute atomic E-state index is 13.0. The third-order valence-corrected chi connectivity index (χ3v) is 7.37. The number of aryl methyl sites for hydroxylation is 2. The third-order valence-electron chi connectivity index (χ3n) is 5.78. The van der Waals surface area contributed by atoms with E-state index in [2.05, 4.69) is 51.6 Å². The molecule has 5 rings (SSSR count). The molecule has 6 heteroatoms. The van der Waals surface area contributed by atoms with E-state index in [4.69, 9.17) is 4.74 Å². The fraction of sp³-hybridized carbons (Fsp3) is 0.154. The van der Waals surface area contributed by atoms with Gasteiger partial charge in [0.2, 0.25) is 0 Å². The van der Waals surface area contributed by atoms with Gasteiger partial charge in [-0.05, 0) is 75.3 Å². The highest BCUT2D eigenvalue weighted by Gasteiger charge is 2.26. The number of thiophene rings is 1. The number of rotatable bonds is 5. The molecule has 160 valence electrons. The predicted octanol–water partition coefficient (Wildman–Crippen LogP) is 6.86. The summed E-state index contributed by atoms with van der Waals surface area (Å²) in [5.74, 6) is -0.716. The summed E-state index contributed by atoms with van der Waals surface area (Å²) in [7, 11) is 0. The van der Waals surface area contributed by atoms with E-state index < -0.39 is 5.97 Å². The van der Waals surface area contributed by atoms with Crippen LogP contribution in [0.25, 0.3) is 21.9 Å². The smallest absolute Gasteiger partial charge is 0.341 e. The highest BCUT2D eigenvalue weighted by Crippen LogP contribution is 2.42. The number of benzene rings is 3. The van der Waals surface area contributed by atoms with Crippen molar-refractivity contribution in [1.29, 1.82) is 0 Å². The van der Waals surface area contributed by atoms with Gasteiger partial charge in [-0.2, -0.15) is 0 Å². The van der Waals surface area contributed by atoms with E-state index in [0.29, 0.717) is 20.6 Å². The van der Waals surface area contributed by atoms with E-state index in [-0.39, 0.29) is 12.5 Å². The molecule has 0 bridgehead atoms. The molecule has 3 aromatic carbocycles. The number of hydrogen-bond acceptors (Lipinski definition) is 4. The second-order valence-corrected chi connectivity index (χ2v) is 9.35. The van der Waals surface area contributed by atoms with E-state index >= 15 is 0 Å². The monoisotopic (exact) mass is 505 g/mol. The molecule has 0 atom stereocenters. The maximum Gasteiger partial charge on any atom is 0.341 e. The van der Waals surface area contributed by atoms with Crippen molar-refractivity contribution < 1.29 is 14.3 Å². The van der Waals surface area contributed by atoms with Crippen molar-refractivity contribution in [2.45, 2.75) is 19.8 Å². The SMILES string of the molecule is CCOC(=O)c1c(-c2ccc3c4c(cccc24)CC3)csc1NC(=O)c1ccccc1Br. The molecule has 0 saturated heterocycles. The van der Waals surface area contributed by atoms with Crippen molar-refractivity contribution in [3.05, 3.63) is 86.7 Å². The van der Waals surface area contributed by atoms with Crippen LogP contribution >= 0.6 is 27.3 Å². The molecule has 4 nitrogen and oxygen atoms in total. The zero-order chi connectivity index (χ0) is 22.2. The minimum Gasteiger partial charge on any atom is -0.462 e. The minimum atomic E-state index is -0.436. The van der Waals surface area contributed by atoms with Crippen LogP contribution in [-0.2, 0) is 17.6 Å². The highest BCUT2D eigenvalue weighted by atomic mass is 79.9. The van der Waals surface area contributed by atoms with Gasteiger partial charge in [-0.1, -0.05) is 42.5 Å². The van der Waals surface area contributed by atoms with Gasteiger partial charge >= 0.3 is 5.97 Å². The number of carbonyl (C=O) groups is 2. The Labute approximate surface area is 198 Å². The fourth-order valence-electron chi connectivity index (χ4n) is 4.35. The largest absolute Gasteiger partial charge is 0.462 e. The summed E-state index contributed by atoms with van der Waals surface area (Å²) in [4.78, 5) is 25.9. The van der Waals surface area contributed by atoms with Crippen LogP contribution < -0.4 is 5.32 Å². The Bertz CT molecular complexity index is 1360. The van der Waals surface area contributed by atoms with Crippen molar-refractivity contribution in [2.75, 3.05) is 11.9 Å². The number of nitrogens with one attached hydrogen (secondary N) is 1. The molecular formula is C26H20BrNO3S. The van der Waals surface area contributed by atoms with Crippen LogP contribution in [0.4, 0.5) is 5.00 Å². The molecule has 0 unspecified atom stereocenters. The highest BCUT2D eigenvalue weighted by molar-refractivity contribution is 9.10. The average molecular weight is 506 g/mol. The lowest BCUT2D eigenvalue weighted by Crippen LogP contribution is -2.15. The Hall–Kier alpha value is -2.96. The summed E-state index contributed by atoms with van der Waals surface area (Å²) in [5.41, 5.74) is 5.35.